The molecule has 0 aliphatic rings. The highest BCUT2D eigenvalue weighted by atomic mass is 35.5. The lowest BCUT2D eigenvalue weighted by atomic mass is 10.1. The van der Waals surface area contributed by atoms with Gasteiger partial charge in [0, 0.05) is 12.1 Å². The molecule has 1 heterocycles. The number of aromatic nitrogens is 1. The van der Waals surface area contributed by atoms with Crippen LogP contribution in [0.2, 0.25) is 5.02 Å². The van der Waals surface area contributed by atoms with E-state index in [0.717, 1.165) is 5.56 Å². The molecule has 2 aromatic rings. The number of pyridine rings is 1. The summed E-state index contributed by atoms with van der Waals surface area (Å²) in [7, 11) is 0. The molecule has 92 valence electrons. The molecule has 0 bridgehead atoms. The number of benzene rings is 1. The molecule has 0 fully saturated rings. The lowest BCUT2D eigenvalue weighted by molar-refractivity contribution is 0.0697. The molecule has 0 amide bonds. The van der Waals surface area contributed by atoms with Crippen molar-refractivity contribution in [2.24, 2.45) is 5.73 Å². The number of aromatic carboxylic acids is 1. The number of halogens is 1. The minimum atomic E-state index is -1.06. The largest absolute Gasteiger partial charge is 0.478 e. The Balaban J connectivity index is 2.68. The maximum Gasteiger partial charge on any atom is 0.337 e. The van der Waals surface area contributed by atoms with E-state index in [2.05, 4.69) is 4.98 Å². The Labute approximate surface area is 109 Å². The van der Waals surface area contributed by atoms with Crippen molar-refractivity contribution >= 4 is 17.6 Å². The fourth-order valence-electron chi connectivity index (χ4n) is 1.65. The minimum Gasteiger partial charge on any atom is -0.478 e. The summed E-state index contributed by atoms with van der Waals surface area (Å²) < 4.78 is 0. The van der Waals surface area contributed by atoms with Crippen molar-refractivity contribution in [1.82, 2.24) is 4.98 Å². The van der Waals surface area contributed by atoms with E-state index < -0.39 is 5.97 Å². The number of carbonyl (C=O) groups is 1. The fraction of sp³-hybridized carbons (Fsp3) is 0.0769. The standard InChI is InChI=1S/C13H11ClN2O2/c14-10-6-9(13(17)18)12(16-11(10)7-15)8-4-2-1-3-5-8/h1-6H,7,15H2,(H,17,18). The summed E-state index contributed by atoms with van der Waals surface area (Å²) in [5, 5.41) is 9.46. The van der Waals surface area contributed by atoms with E-state index in [1.54, 1.807) is 12.1 Å². The number of hydrogen-bond donors (Lipinski definition) is 2. The van der Waals surface area contributed by atoms with Gasteiger partial charge in [0.15, 0.2) is 0 Å². The van der Waals surface area contributed by atoms with E-state index in [-0.39, 0.29) is 17.1 Å². The van der Waals surface area contributed by atoms with Gasteiger partial charge in [-0.15, -0.1) is 0 Å². The fourth-order valence-corrected chi connectivity index (χ4v) is 1.88. The van der Waals surface area contributed by atoms with Crippen LogP contribution in [-0.4, -0.2) is 16.1 Å². The van der Waals surface area contributed by atoms with E-state index in [4.69, 9.17) is 17.3 Å². The van der Waals surface area contributed by atoms with E-state index in [0.29, 0.717) is 11.4 Å². The molecule has 2 rings (SSSR count). The smallest absolute Gasteiger partial charge is 0.337 e. The zero-order chi connectivity index (χ0) is 13.1. The zero-order valence-electron chi connectivity index (χ0n) is 9.43. The molecule has 0 unspecified atom stereocenters. The van der Waals surface area contributed by atoms with Crippen LogP contribution in [-0.2, 0) is 6.54 Å². The number of nitrogens with two attached hydrogens (primary N) is 1. The predicted molar refractivity (Wildman–Crippen MR) is 69.5 cm³/mol. The van der Waals surface area contributed by atoms with Gasteiger partial charge in [0.1, 0.15) is 0 Å². The number of hydrogen-bond acceptors (Lipinski definition) is 3. The first-order valence-corrected chi connectivity index (χ1v) is 5.69. The molecular weight excluding hydrogens is 252 g/mol. The normalized spacial score (nSPS) is 10.3. The summed E-state index contributed by atoms with van der Waals surface area (Å²) >= 11 is 5.93. The lowest BCUT2D eigenvalue weighted by Gasteiger charge is -2.09. The monoisotopic (exact) mass is 262 g/mol. The van der Waals surface area contributed by atoms with Gasteiger partial charge >= 0.3 is 5.97 Å². The third-order valence-corrected chi connectivity index (χ3v) is 2.85. The molecule has 3 N–H and O–H groups in total. The van der Waals surface area contributed by atoms with Crippen LogP contribution in [0.5, 0.6) is 0 Å². The summed E-state index contributed by atoms with van der Waals surface area (Å²) in [5.41, 5.74) is 7.19. The van der Waals surface area contributed by atoms with Gasteiger partial charge in [-0.05, 0) is 6.07 Å². The Morgan fingerprint density at radius 2 is 2.00 bits per heavy atom. The first-order valence-electron chi connectivity index (χ1n) is 5.31. The molecular formula is C13H11ClN2O2. The average Bonchev–Trinajstić information content (AvgIpc) is 2.39. The van der Waals surface area contributed by atoms with Crippen LogP contribution < -0.4 is 5.73 Å². The molecule has 1 aromatic carbocycles. The molecule has 0 saturated heterocycles. The number of rotatable bonds is 3. The van der Waals surface area contributed by atoms with Crippen LogP contribution in [0.1, 0.15) is 16.1 Å². The third-order valence-electron chi connectivity index (χ3n) is 2.52. The summed E-state index contributed by atoms with van der Waals surface area (Å²) in [6, 6.07) is 10.5. The van der Waals surface area contributed by atoms with Gasteiger partial charge in [-0.3, -0.25) is 0 Å². The lowest BCUT2D eigenvalue weighted by Crippen LogP contribution is -2.07. The highest BCUT2D eigenvalue weighted by molar-refractivity contribution is 6.31. The first-order chi connectivity index (χ1) is 8.63. The molecule has 5 heteroatoms. The van der Waals surface area contributed by atoms with Gasteiger partial charge in [-0.2, -0.15) is 0 Å². The number of carboxylic acids is 1. The Morgan fingerprint density at radius 1 is 1.33 bits per heavy atom. The maximum absolute atomic E-state index is 11.2. The molecule has 4 nitrogen and oxygen atoms in total. The summed E-state index contributed by atoms with van der Waals surface area (Å²) in [5.74, 6) is -1.06. The van der Waals surface area contributed by atoms with Crippen LogP contribution >= 0.6 is 11.6 Å². The molecule has 0 radical (unpaired) electrons. The molecule has 0 aliphatic carbocycles. The van der Waals surface area contributed by atoms with Crippen LogP contribution in [0.3, 0.4) is 0 Å². The second-order valence-electron chi connectivity index (χ2n) is 3.69. The SMILES string of the molecule is NCc1nc(-c2ccccc2)c(C(=O)O)cc1Cl. The molecule has 18 heavy (non-hydrogen) atoms. The van der Waals surface area contributed by atoms with E-state index >= 15 is 0 Å². The highest BCUT2D eigenvalue weighted by Crippen LogP contribution is 2.26. The van der Waals surface area contributed by atoms with Gasteiger partial charge in [0.05, 0.1) is 22.0 Å². The van der Waals surface area contributed by atoms with Gasteiger partial charge in [0.25, 0.3) is 0 Å². The van der Waals surface area contributed by atoms with Crippen molar-refractivity contribution in [2.45, 2.75) is 6.54 Å². The van der Waals surface area contributed by atoms with Gasteiger partial charge in [-0.1, -0.05) is 41.9 Å². The van der Waals surface area contributed by atoms with Gasteiger partial charge in [-0.25, -0.2) is 9.78 Å². The number of carboxylic acid groups (broad SMARTS) is 1. The van der Waals surface area contributed by atoms with Gasteiger partial charge in [0.2, 0.25) is 0 Å². The molecule has 0 atom stereocenters. The topological polar surface area (TPSA) is 76.2 Å². The average molecular weight is 263 g/mol. The predicted octanol–water partition coefficient (Wildman–Crippen LogP) is 2.56. The van der Waals surface area contributed by atoms with Crippen LogP contribution in [0.4, 0.5) is 0 Å². The van der Waals surface area contributed by atoms with E-state index in [1.807, 2.05) is 18.2 Å². The summed E-state index contributed by atoms with van der Waals surface area (Å²) in [4.78, 5) is 15.5. The summed E-state index contributed by atoms with van der Waals surface area (Å²) in [6.07, 6.45) is 0. The number of nitrogens with zero attached hydrogens (tertiary/aromatic N) is 1. The van der Waals surface area contributed by atoms with Crippen molar-refractivity contribution < 1.29 is 9.90 Å². The van der Waals surface area contributed by atoms with E-state index in [1.165, 1.54) is 6.07 Å². The van der Waals surface area contributed by atoms with Crippen molar-refractivity contribution in [1.29, 1.82) is 0 Å². The van der Waals surface area contributed by atoms with Crippen LogP contribution in [0.25, 0.3) is 11.3 Å². The maximum atomic E-state index is 11.2. The minimum absolute atomic E-state index is 0.0726. The Kier molecular flexibility index (Phi) is 3.60. The molecule has 1 aromatic heterocycles. The van der Waals surface area contributed by atoms with Gasteiger partial charge < -0.3 is 10.8 Å². The Morgan fingerprint density at radius 3 is 2.56 bits per heavy atom. The van der Waals surface area contributed by atoms with Crippen molar-refractivity contribution in [3.63, 3.8) is 0 Å². The Hall–Kier alpha value is -1.91. The van der Waals surface area contributed by atoms with E-state index in [9.17, 15) is 9.90 Å². The molecule has 0 saturated carbocycles. The zero-order valence-corrected chi connectivity index (χ0v) is 10.2. The second-order valence-corrected chi connectivity index (χ2v) is 4.10. The Bertz CT molecular complexity index is 585. The van der Waals surface area contributed by atoms with Crippen molar-refractivity contribution in [3.8, 4) is 11.3 Å². The molecule has 0 spiro atoms. The second kappa shape index (κ2) is 5.16. The van der Waals surface area contributed by atoms with Crippen LogP contribution in [0, 0.1) is 0 Å². The first kappa shape index (κ1) is 12.5. The quantitative estimate of drug-likeness (QED) is 0.891. The summed E-state index contributed by atoms with van der Waals surface area (Å²) in [6.45, 7) is 0.165. The van der Waals surface area contributed by atoms with Crippen molar-refractivity contribution in [3.05, 3.63) is 52.7 Å². The van der Waals surface area contributed by atoms with Crippen molar-refractivity contribution in [2.75, 3.05) is 0 Å². The third kappa shape index (κ3) is 2.34. The van der Waals surface area contributed by atoms with Crippen LogP contribution in [0.15, 0.2) is 36.4 Å². The highest BCUT2D eigenvalue weighted by Gasteiger charge is 2.16. The molecule has 0 aliphatic heterocycles.